The number of nitrogens with two attached hydrogens (primary N) is 1. The largest absolute Gasteiger partial charge is 0.469 e. The van der Waals surface area contributed by atoms with Gasteiger partial charge in [0, 0.05) is 0 Å². The Kier molecular flexibility index (Phi) is 5.07. The molecule has 0 unspecified atom stereocenters. The van der Waals surface area contributed by atoms with Gasteiger partial charge in [0.15, 0.2) is 5.76 Å². The van der Waals surface area contributed by atoms with E-state index >= 15 is 0 Å². The van der Waals surface area contributed by atoms with E-state index in [4.69, 9.17) is 24.5 Å². The van der Waals surface area contributed by atoms with Crippen molar-refractivity contribution >= 4 is 11.7 Å². The molecular weight excluding hydrogens is 344 g/mol. The van der Waals surface area contributed by atoms with Gasteiger partial charge in [-0.25, -0.2) is 10.5 Å². The summed E-state index contributed by atoms with van der Waals surface area (Å²) in [7, 11) is 0. The van der Waals surface area contributed by atoms with Crippen LogP contribution in [0.5, 0.6) is 5.88 Å². The highest BCUT2D eigenvalue weighted by molar-refractivity contribution is 6.00. The Labute approximate surface area is 149 Å². The maximum atomic E-state index is 12.4. The fraction of sp³-hybridized carbons (Fsp3) is 0.438. The van der Waals surface area contributed by atoms with Crippen LogP contribution < -0.4 is 16.0 Å². The van der Waals surface area contributed by atoms with E-state index < -0.39 is 11.5 Å². The van der Waals surface area contributed by atoms with Crippen molar-refractivity contribution in [1.82, 2.24) is 15.4 Å². The predicted octanol–water partition coefficient (Wildman–Crippen LogP) is 0.529. The quantitative estimate of drug-likeness (QED) is 0.599. The van der Waals surface area contributed by atoms with Crippen LogP contribution in [0.25, 0.3) is 11.6 Å². The van der Waals surface area contributed by atoms with Crippen molar-refractivity contribution in [2.75, 3.05) is 25.6 Å². The Hall–Kier alpha value is -2.69. The van der Waals surface area contributed by atoms with Crippen LogP contribution in [0.1, 0.15) is 24.2 Å². The summed E-state index contributed by atoms with van der Waals surface area (Å²) in [6, 6.07) is 3.34. The second-order valence-corrected chi connectivity index (χ2v) is 6.40. The maximum absolute atomic E-state index is 12.4. The Balaban J connectivity index is 1.85. The van der Waals surface area contributed by atoms with Crippen LogP contribution >= 0.6 is 0 Å². The summed E-state index contributed by atoms with van der Waals surface area (Å²) in [6.07, 6.45) is 1.23. The summed E-state index contributed by atoms with van der Waals surface area (Å²) >= 11 is 0. The summed E-state index contributed by atoms with van der Waals surface area (Å²) in [5, 5.41) is 9.64. The van der Waals surface area contributed by atoms with Crippen LogP contribution in [-0.2, 0) is 9.57 Å². The van der Waals surface area contributed by atoms with Gasteiger partial charge in [-0.05, 0) is 26.0 Å². The number of nitrogen functional groups attached to an aromatic ring is 1. The molecule has 0 bridgehead atoms. The highest BCUT2D eigenvalue weighted by Crippen LogP contribution is 2.27. The minimum Gasteiger partial charge on any atom is -0.469 e. The molecule has 1 aliphatic rings. The molecule has 4 N–H and O–H groups in total. The lowest BCUT2D eigenvalue weighted by atomic mass is 10.2. The normalized spacial score (nSPS) is 14.7. The van der Waals surface area contributed by atoms with Crippen LogP contribution in [0.2, 0.25) is 0 Å². The zero-order chi connectivity index (χ0) is 18.7. The first-order valence-electron chi connectivity index (χ1n) is 7.94. The number of hydrogen-bond donors (Lipinski definition) is 3. The van der Waals surface area contributed by atoms with Gasteiger partial charge >= 0.3 is 0 Å². The van der Waals surface area contributed by atoms with Crippen molar-refractivity contribution in [2.24, 2.45) is 0 Å². The first-order valence-corrected chi connectivity index (χ1v) is 7.94. The van der Waals surface area contributed by atoms with Crippen molar-refractivity contribution in [3.8, 4) is 17.5 Å². The summed E-state index contributed by atoms with van der Waals surface area (Å²) in [5.74, 6) is -0.200. The molecule has 1 fully saturated rings. The molecule has 0 saturated carbocycles. The van der Waals surface area contributed by atoms with Gasteiger partial charge in [-0.3, -0.25) is 9.63 Å². The topological polar surface area (TPSA) is 142 Å². The Bertz CT molecular complexity index is 768. The fourth-order valence-corrected chi connectivity index (χ4v) is 2.04. The number of rotatable bonds is 7. The number of amides is 1. The molecule has 0 aromatic carbocycles. The van der Waals surface area contributed by atoms with E-state index in [0.717, 1.165) is 0 Å². The number of hydrogen-bond acceptors (Lipinski definition) is 9. The van der Waals surface area contributed by atoms with E-state index in [1.165, 1.54) is 6.26 Å². The fourth-order valence-electron chi connectivity index (χ4n) is 2.04. The minimum absolute atomic E-state index is 0.00144. The highest BCUT2D eigenvalue weighted by atomic mass is 16.7. The standard InChI is InChI=1S/C16H20N4O6/c1-16(2,22)8-25-20-14(21)11-12(17)18-13(10-4-3-5-24-10)19-15(11)26-9-6-23-7-9/h3-5,9,22H,6-8H2,1-2H3,(H,20,21)(H2,17,18,19). The molecule has 1 aliphatic heterocycles. The van der Waals surface area contributed by atoms with E-state index in [9.17, 15) is 9.90 Å². The molecule has 26 heavy (non-hydrogen) atoms. The third kappa shape index (κ3) is 4.28. The molecule has 140 valence electrons. The van der Waals surface area contributed by atoms with Gasteiger partial charge in [0.1, 0.15) is 24.1 Å². The lowest BCUT2D eigenvalue weighted by Gasteiger charge is -2.27. The third-order valence-corrected chi connectivity index (χ3v) is 3.35. The number of hydroxylamine groups is 1. The third-order valence-electron chi connectivity index (χ3n) is 3.35. The van der Waals surface area contributed by atoms with Gasteiger partial charge in [-0.2, -0.15) is 4.98 Å². The monoisotopic (exact) mass is 364 g/mol. The van der Waals surface area contributed by atoms with E-state index in [-0.39, 0.29) is 35.8 Å². The number of anilines is 1. The van der Waals surface area contributed by atoms with E-state index in [1.54, 1.807) is 26.0 Å². The molecule has 10 heteroatoms. The summed E-state index contributed by atoms with van der Waals surface area (Å²) < 4.78 is 16.0. The molecule has 0 spiro atoms. The average molecular weight is 364 g/mol. The summed E-state index contributed by atoms with van der Waals surface area (Å²) in [5.41, 5.74) is 6.98. The van der Waals surface area contributed by atoms with Gasteiger partial charge in [0.05, 0.1) is 25.1 Å². The molecule has 0 atom stereocenters. The van der Waals surface area contributed by atoms with E-state index in [2.05, 4.69) is 15.4 Å². The number of carbonyl (C=O) groups is 1. The smallest absolute Gasteiger partial charge is 0.284 e. The lowest BCUT2D eigenvalue weighted by molar-refractivity contribution is -0.0817. The molecule has 1 saturated heterocycles. The molecule has 0 aliphatic carbocycles. The van der Waals surface area contributed by atoms with Crippen molar-refractivity contribution in [3.63, 3.8) is 0 Å². The number of ether oxygens (including phenoxy) is 2. The molecule has 2 aromatic rings. The zero-order valence-corrected chi connectivity index (χ0v) is 14.4. The Morgan fingerprint density at radius 1 is 1.46 bits per heavy atom. The van der Waals surface area contributed by atoms with Crippen molar-refractivity contribution in [1.29, 1.82) is 0 Å². The van der Waals surface area contributed by atoms with Gasteiger partial charge in [-0.15, -0.1) is 0 Å². The molecule has 1 amide bonds. The van der Waals surface area contributed by atoms with E-state index in [1.807, 2.05) is 0 Å². The molecular formula is C16H20N4O6. The first-order chi connectivity index (χ1) is 12.3. The van der Waals surface area contributed by atoms with Crippen LogP contribution in [0, 0.1) is 0 Å². The maximum Gasteiger partial charge on any atom is 0.284 e. The van der Waals surface area contributed by atoms with Gasteiger partial charge in [-0.1, -0.05) is 0 Å². The van der Waals surface area contributed by atoms with Crippen molar-refractivity contribution in [3.05, 3.63) is 24.0 Å². The average Bonchev–Trinajstić information content (AvgIpc) is 3.03. The molecule has 10 nitrogen and oxygen atoms in total. The second-order valence-electron chi connectivity index (χ2n) is 6.40. The number of aromatic nitrogens is 2. The van der Waals surface area contributed by atoms with Gasteiger partial charge in [0.2, 0.25) is 11.7 Å². The number of nitrogens with one attached hydrogen (secondary N) is 1. The van der Waals surface area contributed by atoms with Crippen LogP contribution in [0.4, 0.5) is 5.82 Å². The summed E-state index contributed by atoms with van der Waals surface area (Å²) in [6.45, 7) is 3.74. The van der Waals surface area contributed by atoms with Crippen molar-refractivity contribution in [2.45, 2.75) is 25.6 Å². The lowest BCUT2D eigenvalue weighted by Crippen LogP contribution is -2.40. The second kappa shape index (κ2) is 7.28. The number of carbonyl (C=O) groups excluding carboxylic acids is 1. The minimum atomic E-state index is -1.11. The van der Waals surface area contributed by atoms with Crippen LogP contribution in [0.15, 0.2) is 22.8 Å². The zero-order valence-electron chi connectivity index (χ0n) is 14.4. The van der Waals surface area contributed by atoms with Crippen molar-refractivity contribution < 1.29 is 28.6 Å². The van der Waals surface area contributed by atoms with Crippen LogP contribution in [-0.4, -0.2) is 52.5 Å². The van der Waals surface area contributed by atoms with E-state index in [0.29, 0.717) is 19.0 Å². The Morgan fingerprint density at radius 3 is 2.81 bits per heavy atom. The highest BCUT2D eigenvalue weighted by Gasteiger charge is 2.28. The Morgan fingerprint density at radius 2 is 2.23 bits per heavy atom. The number of nitrogens with zero attached hydrogens (tertiary/aromatic N) is 2. The number of aliphatic hydroxyl groups is 1. The van der Waals surface area contributed by atoms with Gasteiger partial charge < -0.3 is 24.7 Å². The molecule has 2 aromatic heterocycles. The number of furan rings is 1. The SMILES string of the molecule is CC(C)(O)CONC(=O)c1c(N)nc(-c2ccco2)nc1OC1COC1. The first kappa shape index (κ1) is 18.1. The summed E-state index contributed by atoms with van der Waals surface area (Å²) in [4.78, 5) is 25.8. The molecule has 3 heterocycles. The predicted molar refractivity (Wildman–Crippen MR) is 89.1 cm³/mol. The van der Waals surface area contributed by atoms with Crippen LogP contribution in [0.3, 0.4) is 0 Å². The van der Waals surface area contributed by atoms with Gasteiger partial charge in [0.25, 0.3) is 5.91 Å². The molecule has 0 radical (unpaired) electrons. The molecule has 3 rings (SSSR count).